The van der Waals surface area contributed by atoms with Crippen molar-refractivity contribution in [2.45, 2.75) is 39.9 Å². The fraction of sp³-hybridized carbons (Fsp3) is 0.667. The summed E-state index contributed by atoms with van der Waals surface area (Å²) in [4.78, 5) is 5.37. The smallest absolute Gasteiger partial charge is 0.0330 e. The fourth-order valence-electron chi connectivity index (χ4n) is 1.64. The van der Waals surface area contributed by atoms with Crippen molar-refractivity contribution >= 4 is 11.3 Å². The van der Waals surface area contributed by atoms with Gasteiger partial charge in [0.1, 0.15) is 0 Å². The summed E-state index contributed by atoms with van der Waals surface area (Å²) in [5.41, 5.74) is 0. The van der Waals surface area contributed by atoms with Gasteiger partial charge >= 0.3 is 0 Å². The van der Waals surface area contributed by atoms with Crippen LogP contribution in [0.3, 0.4) is 0 Å². The Morgan fingerprint density at radius 3 is 2.53 bits per heavy atom. The lowest BCUT2D eigenvalue weighted by Crippen LogP contribution is -2.29. The predicted molar refractivity (Wildman–Crippen MR) is 68.3 cm³/mol. The molecule has 3 heteroatoms. The van der Waals surface area contributed by atoms with Gasteiger partial charge in [0.25, 0.3) is 0 Å². The maximum Gasteiger partial charge on any atom is 0.0330 e. The normalized spacial score (nSPS) is 11.6. The van der Waals surface area contributed by atoms with Crippen LogP contribution in [0.1, 0.15) is 30.5 Å². The molecule has 1 heterocycles. The largest absolute Gasteiger partial charge is 0.315 e. The Morgan fingerprint density at radius 1 is 1.33 bits per heavy atom. The summed E-state index contributed by atoms with van der Waals surface area (Å²) in [6.45, 7) is 9.93. The van der Waals surface area contributed by atoms with Gasteiger partial charge in [0.05, 0.1) is 0 Å². The first-order chi connectivity index (χ1) is 7.17. The van der Waals surface area contributed by atoms with Crippen LogP contribution in [0, 0.1) is 0 Å². The van der Waals surface area contributed by atoms with Crippen LogP contribution in [-0.4, -0.2) is 24.5 Å². The highest BCUT2D eigenvalue weighted by Gasteiger charge is 2.09. The van der Waals surface area contributed by atoms with E-state index in [0.717, 1.165) is 19.6 Å². The Morgan fingerprint density at radius 2 is 2.00 bits per heavy atom. The maximum atomic E-state index is 3.18. The Hall–Kier alpha value is -0.380. The molecule has 0 amide bonds. The van der Waals surface area contributed by atoms with Gasteiger partial charge in [-0.05, 0) is 39.6 Å². The van der Waals surface area contributed by atoms with E-state index in [4.69, 9.17) is 0 Å². The molecule has 0 saturated carbocycles. The van der Waals surface area contributed by atoms with Crippen LogP contribution < -0.4 is 5.32 Å². The standard InChI is InChI=1S/C12H22N2S/c1-5-14(10(2)3)9-12-7-6-11(15-12)8-13-4/h6-7,10,13H,5,8-9H2,1-4H3. The number of rotatable bonds is 6. The van der Waals surface area contributed by atoms with Gasteiger partial charge in [0, 0.05) is 28.9 Å². The highest BCUT2D eigenvalue weighted by molar-refractivity contribution is 7.11. The van der Waals surface area contributed by atoms with Crippen molar-refractivity contribution in [2.75, 3.05) is 13.6 Å². The van der Waals surface area contributed by atoms with Crippen molar-refractivity contribution in [1.82, 2.24) is 10.2 Å². The average Bonchev–Trinajstić information content (AvgIpc) is 2.62. The molecule has 86 valence electrons. The summed E-state index contributed by atoms with van der Waals surface area (Å²) in [6.07, 6.45) is 0. The van der Waals surface area contributed by atoms with Crippen LogP contribution >= 0.6 is 11.3 Å². The molecule has 0 bridgehead atoms. The van der Waals surface area contributed by atoms with E-state index in [1.807, 2.05) is 18.4 Å². The van der Waals surface area contributed by atoms with E-state index in [1.54, 1.807) is 0 Å². The zero-order valence-electron chi connectivity index (χ0n) is 10.2. The molecule has 0 aromatic carbocycles. The van der Waals surface area contributed by atoms with Gasteiger partial charge in [-0.15, -0.1) is 11.3 Å². The van der Waals surface area contributed by atoms with E-state index in [2.05, 4.69) is 43.1 Å². The number of nitrogens with zero attached hydrogens (tertiary/aromatic N) is 1. The van der Waals surface area contributed by atoms with Crippen molar-refractivity contribution in [3.05, 3.63) is 21.9 Å². The first kappa shape index (κ1) is 12.7. The zero-order chi connectivity index (χ0) is 11.3. The first-order valence-corrected chi connectivity index (χ1v) is 6.45. The van der Waals surface area contributed by atoms with Crippen LogP contribution in [-0.2, 0) is 13.1 Å². The molecule has 1 aromatic heterocycles. The molecular formula is C12H22N2S. The number of hydrogen-bond donors (Lipinski definition) is 1. The second-order valence-electron chi connectivity index (χ2n) is 4.06. The van der Waals surface area contributed by atoms with Crippen molar-refractivity contribution in [3.63, 3.8) is 0 Å². The second-order valence-corrected chi connectivity index (χ2v) is 5.31. The summed E-state index contributed by atoms with van der Waals surface area (Å²) in [6, 6.07) is 5.11. The first-order valence-electron chi connectivity index (χ1n) is 5.63. The average molecular weight is 226 g/mol. The highest BCUT2D eigenvalue weighted by Crippen LogP contribution is 2.19. The number of hydrogen-bond acceptors (Lipinski definition) is 3. The van der Waals surface area contributed by atoms with Crippen LogP contribution in [0.5, 0.6) is 0 Å². The minimum absolute atomic E-state index is 0.629. The Kier molecular flexibility index (Phi) is 5.29. The Labute approximate surface area is 97.3 Å². The molecule has 0 aliphatic heterocycles. The van der Waals surface area contributed by atoms with Gasteiger partial charge in [-0.2, -0.15) is 0 Å². The van der Waals surface area contributed by atoms with Gasteiger partial charge in [-0.1, -0.05) is 6.92 Å². The highest BCUT2D eigenvalue weighted by atomic mass is 32.1. The minimum atomic E-state index is 0.629. The molecule has 0 unspecified atom stereocenters. The summed E-state index contributed by atoms with van der Waals surface area (Å²) in [5.74, 6) is 0. The molecular weight excluding hydrogens is 204 g/mol. The van der Waals surface area contributed by atoms with Crippen molar-refractivity contribution < 1.29 is 0 Å². The van der Waals surface area contributed by atoms with E-state index in [-0.39, 0.29) is 0 Å². The van der Waals surface area contributed by atoms with E-state index < -0.39 is 0 Å². The third-order valence-corrected chi connectivity index (χ3v) is 3.63. The van der Waals surface area contributed by atoms with Gasteiger partial charge in [0.2, 0.25) is 0 Å². The summed E-state index contributed by atoms with van der Waals surface area (Å²) < 4.78 is 0. The summed E-state index contributed by atoms with van der Waals surface area (Å²) in [7, 11) is 1.99. The molecule has 0 fully saturated rings. The lowest BCUT2D eigenvalue weighted by atomic mass is 10.3. The van der Waals surface area contributed by atoms with Gasteiger partial charge < -0.3 is 5.32 Å². The molecule has 1 N–H and O–H groups in total. The molecule has 2 nitrogen and oxygen atoms in total. The van der Waals surface area contributed by atoms with Crippen molar-refractivity contribution in [3.8, 4) is 0 Å². The molecule has 0 saturated heterocycles. The predicted octanol–water partition coefficient (Wildman–Crippen LogP) is 2.70. The lowest BCUT2D eigenvalue weighted by Gasteiger charge is -2.23. The number of nitrogens with one attached hydrogen (secondary N) is 1. The third-order valence-electron chi connectivity index (χ3n) is 2.56. The van der Waals surface area contributed by atoms with Crippen LogP contribution in [0.25, 0.3) is 0 Å². The van der Waals surface area contributed by atoms with Gasteiger partial charge in [-0.25, -0.2) is 0 Å². The van der Waals surface area contributed by atoms with E-state index in [1.165, 1.54) is 9.75 Å². The Balaban J connectivity index is 2.55. The van der Waals surface area contributed by atoms with Gasteiger partial charge in [-0.3, -0.25) is 4.90 Å². The third kappa shape index (κ3) is 3.93. The molecule has 0 atom stereocenters. The lowest BCUT2D eigenvalue weighted by molar-refractivity contribution is 0.227. The van der Waals surface area contributed by atoms with Crippen LogP contribution in [0.15, 0.2) is 12.1 Å². The minimum Gasteiger partial charge on any atom is -0.315 e. The van der Waals surface area contributed by atoms with Crippen molar-refractivity contribution in [1.29, 1.82) is 0 Å². The van der Waals surface area contributed by atoms with E-state index in [9.17, 15) is 0 Å². The maximum absolute atomic E-state index is 3.18. The molecule has 1 aromatic rings. The molecule has 0 aliphatic rings. The van der Waals surface area contributed by atoms with Crippen LogP contribution in [0.4, 0.5) is 0 Å². The van der Waals surface area contributed by atoms with Crippen molar-refractivity contribution in [2.24, 2.45) is 0 Å². The van der Waals surface area contributed by atoms with E-state index in [0.29, 0.717) is 6.04 Å². The monoisotopic (exact) mass is 226 g/mol. The second kappa shape index (κ2) is 6.26. The Bertz CT molecular complexity index is 281. The molecule has 15 heavy (non-hydrogen) atoms. The summed E-state index contributed by atoms with van der Waals surface area (Å²) in [5, 5.41) is 3.18. The zero-order valence-corrected chi connectivity index (χ0v) is 11.0. The van der Waals surface area contributed by atoms with Crippen LogP contribution in [0.2, 0.25) is 0 Å². The van der Waals surface area contributed by atoms with Gasteiger partial charge in [0.15, 0.2) is 0 Å². The SMILES string of the molecule is CCN(Cc1ccc(CNC)s1)C(C)C. The number of thiophene rings is 1. The molecule has 0 aliphatic carbocycles. The fourth-order valence-corrected chi connectivity index (χ4v) is 2.69. The molecule has 1 rings (SSSR count). The molecule has 0 spiro atoms. The topological polar surface area (TPSA) is 15.3 Å². The molecule has 0 radical (unpaired) electrons. The van der Waals surface area contributed by atoms with E-state index >= 15 is 0 Å². The quantitative estimate of drug-likeness (QED) is 0.802. The summed E-state index contributed by atoms with van der Waals surface area (Å²) >= 11 is 1.91.